The molecule has 0 aliphatic rings. The van der Waals surface area contributed by atoms with Crippen LogP contribution in [0.3, 0.4) is 0 Å². The van der Waals surface area contributed by atoms with Crippen LogP contribution in [0.4, 0.5) is 0 Å². The Balaban J connectivity index is 2.17. The zero-order valence-corrected chi connectivity index (χ0v) is 10.1. The van der Waals surface area contributed by atoms with E-state index < -0.39 is 6.10 Å². The number of ether oxygens (including phenoxy) is 1. The molecular weight excluding hydrogens is 212 g/mol. The van der Waals surface area contributed by atoms with Gasteiger partial charge in [0, 0.05) is 0 Å². The Kier molecular flexibility index (Phi) is 3.45. The third kappa shape index (κ3) is 2.86. The zero-order chi connectivity index (χ0) is 12.3. The minimum atomic E-state index is -0.442. The van der Waals surface area contributed by atoms with E-state index >= 15 is 0 Å². The van der Waals surface area contributed by atoms with Gasteiger partial charge in [-0.1, -0.05) is 30.3 Å². The molecule has 2 aromatic rings. The molecule has 88 valence electrons. The summed E-state index contributed by atoms with van der Waals surface area (Å²) in [5, 5.41) is 9.41. The highest BCUT2D eigenvalue weighted by Gasteiger charge is 2.02. The molecule has 0 bridgehead atoms. The summed E-state index contributed by atoms with van der Waals surface area (Å²) in [6.45, 7) is 3.76. The van der Waals surface area contributed by atoms with E-state index in [4.69, 9.17) is 4.74 Å². The fourth-order valence-corrected chi connectivity index (χ4v) is 1.61. The molecule has 2 aromatic carbocycles. The number of aliphatic hydroxyl groups is 1. The molecule has 2 heteroatoms. The average molecular weight is 228 g/mol. The molecule has 0 saturated carbocycles. The van der Waals surface area contributed by atoms with E-state index in [-0.39, 0.29) is 0 Å². The van der Waals surface area contributed by atoms with Crippen molar-refractivity contribution in [2.75, 3.05) is 0 Å². The first kappa shape index (κ1) is 11.7. The Morgan fingerprint density at radius 3 is 2.24 bits per heavy atom. The summed E-state index contributed by atoms with van der Waals surface area (Å²) >= 11 is 0. The number of aliphatic hydroxyl groups excluding tert-OH is 1. The molecule has 0 aromatic heterocycles. The van der Waals surface area contributed by atoms with Crippen LogP contribution in [0.15, 0.2) is 48.5 Å². The topological polar surface area (TPSA) is 29.5 Å². The zero-order valence-electron chi connectivity index (χ0n) is 10.1. The van der Waals surface area contributed by atoms with Crippen LogP contribution in [0.25, 0.3) is 0 Å². The van der Waals surface area contributed by atoms with E-state index in [9.17, 15) is 5.11 Å². The summed E-state index contributed by atoms with van der Waals surface area (Å²) in [5.74, 6) is 1.64. The van der Waals surface area contributed by atoms with Crippen LogP contribution in [0.5, 0.6) is 11.5 Å². The largest absolute Gasteiger partial charge is 0.457 e. The van der Waals surface area contributed by atoms with Crippen LogP contribution >= 0.6 is 0 Å². The summed E-state index contributed by atoms with van der Waals surface area (Å²) in [6.07, 6.45) is -0.442. The Morgan fingerprint density at radius 2 is 1.65 bits per heavy atom. The van der Waals surface area contributed by atoms with E-state index in [2.05, 4.69) is 0 Å². The fraction of sp³-hybridized carbons (Fsp3) is 0.200. The van der Waals surface area contributed by atoms with Gasteiger partial charge in [-0.25, -0.2) is 0 Å². The van der Waals surface area contributed by atoms with E-state index in [1.807, 2.05) is 55.5 Å². The summed E-state index contributed by atoms with van der Waals surface area (Å²) in [5.41, 5.74) is 1.99. The normalized spacial score (nSPS) is 12.2. The van der Waals surface area contributed by atoms with E-state index in [0.29, 0.717) is 0 Å². The Morgan fingerprint density at radius 1 is 1.00 bits per heavy atom. The van der Waals surface area contributed by atoms with Crippen LogP contribution in [-0.4, -0.2) is 5.11 Å². The van der Waals surface area contributed by atoms with Crippen LogP contribution in [0.1, 0.15) is 24.2 Å². The standard InChI is InChI=1S/C15H16O2/c1-11-5-3-4-6-15(11)17-14-9-7-13(8-10-14)12(2)16/h3-10,12,16H,1-2H3/t12-/m0/s1. The van der Waals surface area contributed by atoms with Crippen molar-refractivity contribution >= 4 is 0 Å². The minimum absolute atomic E-state index is 0.442. The maximum absolute atomic E-state index is 9.41. The second kappa shape index (κ2) is 5.02. The predicted octanol–water partition coefficient (Wildman–Crippen LogP) is 3.84. The van der Waals surface area contributed by atoms with Crippen molar-refractivity contribution in [1.29, 1.82) is 0 Å². The van der Waals surface area contributed by atoms with Gasteiger partial charge < -0.3 is 9.84 Å². The van der Waals surface area contributed by atoms with Gasteiger partial charge in [-0.15, -0.1) is 0 Å². The van der Waals surface area contributed by atoms with Gasteiger partial charge in [0.15, 0.2) is 0 Å². The van der Waals surface area contributed by atoms with Gasteiger partial charge in [-0.05, 0) is 43.2 Å². The van der Waals surface area contributed by atoms with Crippen molar-refractivity contribution < 1.29 is 9.84 Å². The van der Waals surface area contributed by atoms with Crippen LogP contribution in [0, 0.1) is 6.92 Å². The van der Waals surface area contributed by atoms with Gasteiger partial charge in [0.05, 0.1) is 6.10 Å². The number of para-hydroxylation sites is 1. The van der Waals surface area contributed by atoms with Crippen LogP contribution < -0.4 is 4.74 Å². The molecule has 0 amide bonds. The van der Waals surface area contributed by atoms with Gasteiger partial charge in [0.1, 0.15) is 11.5 Å². The third-order valence-electron chi connectivity index (χ3n) is 2.68. The number of hydrogen-bond acceptors (Lipinski definition) is 2. The summed E-state index contributed by atoms with van der Waals surface area (Å²) in [6, 6.07) is 15.4. The van der Waals surface area contributed by atoms with Crippen molar-refractivity contribution in [3.63, 3.8) is 0 Å². The quantitative estimate of drug-likeness (QED) is 0.864. The van der Waals surface area contributed by atoms with Gasteiger partial charge in [0.25, 0.3) is 0 Å². The average Bonchev–Trinajstić information content (AvgIpc) is 2.33. The first-order valence-electron chi connectivity index (χ1n) is 5.68. The van der Waals surface area contributed by atoms with E-state index in [1.165, 1.54) is 0 Å². The second-order valence-electron chi connectivity index (χ2n) is 4.11. The highest BCUT2D eigenvalue weighted by atomic mass is 16.5. The molecule has 1 N–H and O–H groups in total. The van der Waals surface area contributed by atoms with Crippen LogP contribution in [-0.2, 0) is 0 Å². The molecule has 0 radical (unpaired) electrons. The summed E-state index contributed by atoms with van der Waals surface area (Å²) < 4.78 is 5.76. The van der Waals surface area contributed by atoms with Crippen molar-refractivity contribution in [3.8, 4) is 11.5 Å². The molecule has 0 spiro atoms. The number of benzene rings is 2. The molecule has 0 saturated heterocycles. The van der Waals surface area contributed by atoms with Gasteiger partial charge in [0.2, 0.25) is 0 Å². The molecule has 0 fully saturated rings. The molecule has 0 aliphatic carbocycles. The predicted molar refractivity (Wildman–Crippen MR) is 68.3 cm³/mol. The molecule has 17 heavy (non-hydrogen) atoms. The van der Waals surface area contributed by atoms with E-state index in [0.717, 1.165) is 22.6 Å². The lowest BCUT2D eigenvalue weighted by Crippen LogP contribution is -1.91. The Bertz CT molecular complexity index is 487. The van der Waals surface area contributed by atoms with E-state index in [1.54, 1.807) is 6.92 Å². The lowest BCUT2D eigenvalue weighted by atomic mass is 10.1. The maximum atomic E-state index is 9.41. The lowest BCUT2D eigenvalue weighted by Gasteiger charge is -2.09. The fourth-order valence-electron chi connectivity index (χ4n) is 1.61. The molecular formula is C15H16O2. The molecule has 2 rings (SSSR count). The highest BCUT2D eigenvalue weighted by Crippen LogP contribution is 2.25. The Hall–Kier alpha value is -1.80. The monoisotopic (exact) mass is 228 g/mol. The number of rotatable bonds is 3. The van der Waals surface area contributed by atoms with Crippen molar-refractivity contribution in [1.82, 2.24) is 0 Å². The Labute approximate surface area is 101 Å². The van der Waals surface area contributed by atoms with Crippen molar-refractivity contribution in [2.45, 2.75) is 20.0 Å². The summed E-state index contributed by atoms with van der Waals surface area (Å²) in [7, 11) is 0. The molecule has 2 nitrogen and oxygen atoms in total. The summed E-state index contributed by atoms with van der Waals surface area (Å²) in [4.78, 5) is 0. The lowest BCUT2D eigenvalue weighted by molar-refractivity contribution is 0.199. The second-order valence-corrected chi connectivity index (χ2v) is 4.11. The highest BCUT2D eigenvalue weighted by molar-refractivity contribution is 5.37. The molecule has 0 heterocycles. The molecule has 1 atom stereocenters. The minimum Gasteiger partial charge on any atom is -0.457 e. The van der Waals surface area contributed by atoms with Gasteiger partial charge in [-0.3, -0.25) is 0 Å². The molecule has 0 unspecified atom stereocenters. The van der Waals surface area contributed by atoms with Gasteiger partial charge >= 0.3 is 0 Å². The van der Waals surface area contributed by atoms with Crippen molar-refractivity contribution in [3.05, 3.63) is 59.7 Å². The first-order valence-corrected chi connectivity index (χ1v) is 5.68. The third-order valence-corrected chi connectivity index (χ3v) is 2.68. The smallest absolute Gasteiger partial charge is 0.130 e. The molecule has 0 aliphatic heterocycles. The number of aryl methyl sites for hydroxylation is 1. The first-order chi connectivity index (χ1) is 8.16. The SMILES string of the molecule is Cc1ccccc1Oc1ccc([C@H](C)O)cc1. The van der Waals surface area contributed by atoms with Crippen molar-refractivity contribution in [2.24, 2.45) is 0 Å². The van der Waals surface area contributed by atoms with Crippen LogP contribution in [0.2, 0.25) is 0 Å². The maximum Gasteiger partial charge on any atom is 0.130 e. The van der Waals surface area contributed by atoms with Gasteiger partial charge in [-0.2, -0.15) is 0 Å². The number of hydrogen-bond donors (Lipinski definition) is 1.